The normalized spacial score (nSPS) is 15.2. The Kier molecular flexibility index (Phi) is 6.67. The molecule has 1 aliphatic rings. The maximum atomic E-state index is 12.5. The van der Waals surface area contributed by atoms with Crippen LogP contribution in [0.25, 0.3) is 0 Å². The van der Waals surface area contributed by atoms with Gasteiger partial charge < -0.3 is 19.7 Å². The summed E-state index contributed by atoms with van der Waals surface area (Å²) >= 11 is 0. The molecule has 0 aromatic heterocycles. The van der Waals surface area contributed by atoms with E-state index in [1.807, 2.05) is 18.7 Å². The van der Waals surface area contributed by atoms with Crippen LogP contribution in [0.15, 0.2) is 18.2 Å². The van der Waals surface area contributed by atoms with Crippen molar-refractivity contribution in [3.05, 3.63) is 23.8 Å². The number of methoxy groups -OCH3 is 2. The van der Waals surface area contributed by atoms with Crippen molar-refractivity contribution in [3.8, 4) is 11.5 Å². The number of amides is 2. The minimum atomic E-state index is -0.149. The van der Waals surface area contributed by atoms with Crippen LogP contribution in [0, 0.1) is 5.92 Å². The molecule has 1 aliphatic heterocycles. The molecule has 0 saturated carbocycles. The zero-order chi connectivity index (χ0) is 18.4. The van der Waals surface area contributed by atoms with Gasteiger partial charge in [-0.25, -0.2) is 0 Å². The molecule has 6 nitrogen and oxygen atoms in total. The molecule has 2 amide bonds. The lowest BCUT2D eigenvalue weighted by Crippen LogP contribution is -2.46. The van der Waals surface area contributed by atoms with Crippen molar-refractivity contribution >= 4 is 11.8 Å². The predicted octanol–water partition coefficient (Wildman–Crippen LogP) is 2.47. The maximum Gasteiger partial charge on any atom is 0.251 e. The second-order valence-electron chi connectivity index (χ2n) is 6.83. The minimum Gasteiger partial charge on any atom is -0.497 e. The Hall–Kier alpha value is -2.24. The van der Waals surface area contributed by atoms with E-state index in [9.17, 15) is 9.59 Å². The fraction of sp³-hybridized carbons (Fsp3) is 0.579. The molecule has 1 aromatic rings. The first-order chi connectivity index (χ1) is 11.9. The van der Waals surface area contributed by atoms with Gasteiger partial charge in [-0.15, -0.1) is 0 Å². The fourth-order valence-corrected chi connectivity index (χ4v) is 2.96. The summed E-state index contributed by atoms with van der Waals surface area (Å²) < 4.78 is 10.4. The van der Waals surface area contributed by atoms with Crippen molar-refractivity contribution in [1.82, 2.24) is 10.2 Å². The summed E-state index contributed by atoms with van der Waals surface area (Å²) in [4.78, 5) is 26.5. The number of ether oxygens (including phenoxy) is 2. The highest BCUT2D eigenvalue weighted by Crippen LogP contribution is 2.23. The molecule has 1 fully saturated rings. The van der Waals surface area contributed by atoms with Crippen LogP contribution in [0.4, 0.5) is 0 Å². The van der Waals surface area contributed by atoms with E-state index in [1.165, 1.54) is 0 Å². The van der Waals surface area contributed by atoms with Crippen LogP contribution >= 0.6 is 0 Å². The SMILES string of the molecule is COc1cc(OC)cc(C(=O)NC2CCN(C(=O)CC(C)C)CC2)c1. The van der Waals surface area contributed by atoms with Crippen molar-refractivity contribution < 1.29 is 19.1 Å². The van der Waals surface area contributed by atoms with Gasteiger partial charge >= 0.3 is 0 Å². The fourth-order valence-electron chi connectivity index (χ4n) is 2.96. The van der Waals surface area contributed by atoms with Crippen molar-refractivity contribution in [2.75, 3.05) is 27.3 Å². The monoisotopic (exact) mass is 348 g/mol. The van der Waals surface area contributed by atoms with Crippen molar-refractivity contribution in [2.24, 2.45) is 5.92 Å². The Morgan fingerprint density at radius 2 is 1.68 bits per heavy atom. The average molecular weight is 348 g/mol. The van der Waals surface area contributed by atoms with E-state index >= 15 is 0 Å². The molecule has 6 heteroatoms. The number of piperidine rings is 1. The number of carbonyl (C=O) groups excluding carboxylic acids is 2. The highest BCUT2D eigenvalue weighted by molar-refractivity contribution is 5.95. The molecule has 1 N–H and O–H groups in total. The largest absolute Gasteiger partial charge is 0.497 e. The van der Waals surface area contributed by atoms with Crippen LogP contribution in [0.3, 0.4) is 0 Å². The van der Waals surface area contributed by atoms with E-state index in [4.69, 9.17) is 9.47 Å². The van der Waals surface area contributed by atoms with Gasteiger partial charge in [0.2, 0.25) is 5.91 Å². The highest BCUT2D eigenvalue weighted by Gasteiger charge is 2.24. The van der Waals surface area contributed by atoms with Crippen LogP contribution in [-0.2, 0) is 4.79 Å². The molecule has 2 rings (SSSR count). The molecule has 0 bridgehead atoms. The summed E-state index contributed by atoms with van der Waals surface area (Å²) in [5.41, 5.74) is 0.509. The molecule has 0 spiro atoms. The Balaban J connectivity index is 1.91. The number of nitrogens with zero attached hydrogens (tertiary/aromatic N) is 1. The van der Waals surface area contributed by atoms with E-state index in [1.54, 1.807) is 32.4 Å². The van der Waals surface area contributed by atoms with Crippen LogP contribution < -0.4 is 14.8 Å². The van der Waals surface area contributed by atoms with E-state index in [2.05, 4.69) is 5.32 Å². The van der Waals surface area contributed by atoms with Crippen molar-refractivity contribution in [3.63, 3.8) is 0 Å². The molecule has 25 heavy (non-hydrogen) atoms. The van der Waals surface area contributed by atoms with E-state index in [0.717, 1.165) is 12.8 Å². The number of hydrogen-bond donors (Lipinski definition) is 1. The molecule has 1 aromatic carbocycles. The van der Waals surface area contributed by atoms with E-state index < -0.39 is 0 Å². The van der Waals surface area contributed by atoms with E-state index in [0.29, 0.717) is 42.5 Å². The van der Waals surface area contributed by atoms with Gasteiger partial charge in [0.05, 0.1) is 14.2 Å². The predicted molar refractivity (Wildman–Crippen MR) is 96.1 cm³/mol. The summed E-state index contributed by atoms with van der Waals surface area (Å²) in [6, 6.07) is 5.20. The first-order valence-electron chi connectivity index (χ1n) is 8.74. The molecule has 0 aliphatic carbocycles. The lowest BCUT2D eigenvalue weighted by Gasteiger charge is -2.33. The number of hydrogen-bond acceptors (Lipinski definition) is 4. The minimum absolute atomic E-state index is 0.0767. The Labute approximate surface area is 149 Å². The molecule has 0 atom stereocenters. The standard InChI is InChI=1S/C19H28N2O4/c1-13(2)9-18(22)21-7-5-15(6-8-21)20-19(23)14-10-16(24-3)12-17(11-14)25-4/h10-13,15H,5-9H2,1-4H3,(H,20,23). The van der Waals surface area contributed by atoms with Crippen molar-refractivity contribution in [1.29, 1.82) is 0 Å². The summed E-state index contributed by atoms with van der Waals surface area (Å²) in [6.07, 6.45) is 2.13. The first kappa shape index (κ1) is 19.1. The average Bonchev–Trinajstić information content (AvgIpc) is 2.61. The van der Waals surface area contributed by atoms with Crippen LogP contribution in [0.5, 0.6) is 11.5 Å². The van der Waals surface area contributed by atoms with Crippen LogP contribution in [0.1, 0.15) is 43.5 Å². The molecule has 0 radical (unpaired) electrons. The second-order valence-corrected chi connectivity index (χ2v) is 6.83. The van der Waals surface area contributed by atoms with Crippen LogP contribution in [-0.4, -0.2) is 50.1 Å². The lowest BCUT2D eigenvalue weighted by molar-refractivity contribution is -0.133. The van der Waals surface area contributed by atoms with Crippen LogP contribution in [0.2, 0.25) is 0 Å². The van der Waals surface area contributed by atoms with Gasteiger partial charge in [-0.05, 0) is 30.9 Å². The summed E-state index contributed by atoms with van der Waals surface area (Å²) in [6.45, 7) is 5.48. The summed E-state index contributed by atoms with van der Waals surface area (Å²) in [5, 5.41) is 3.05. The molecule has 1 heterocycles. The molecule has 138 valence electrons. The summed E-state index contributed by atoms with van der Waals surface area (Å²) in [5.74, 6) is 1.59. The molecular weight excluding hydrogens is 320 g/mol. The molecule has 1 saturated heterocycles. The van der Waals surface area contributed by atoms with Gasteiger partial charge in [-0.2, -0.15) is 0 Å². The smallest absolute Gasteiger partial charge is 0.251 e. The van der Waals surface area contributed by atoms with Crippen molar-refractivity contribution in [2.45, 2.75) is 39.2 Å². The molecular formula is C19H28N2O4. The first-order valence-corrected chi connectivity index (χ1v) is 8.74. The van der Waals surface area contributed by atoms with Gasteiger partial charge in [0.1, 0.15) is 11.5 Å². The topological polar surface area (TPSA) is 67.9 Å². The number of likely N-dealkylation sites (tertiary alicyclic amines) is 1. The third-order valence-electron chi connectivity index (χ3n) is 4.38. The Bertz CT molecular complexity index is 585. The number of carbonyl (C=O) groups is 2. The third-order valence-corrected chi connectivity index (χ3v) is 4.38. The van der Waals surface area contributed by atoms with Gasteiger partial charge in [0.25, 0.3) is 5.91 Å². The number of nitrogens with one attached hydrogen (secondary N) is 1. The van der Waals surface area contributed by atoms with Gasteiger partial charge in [0.15, 0.2) is 0 Å². The number of benzene rings is 1. The van der Waals surface area contributed by atoms with Gasteiger partial charge in [-0.1, -0.05) is 13.8 Å². The quantitative estimate of drug-likeness (QED) is 0.857. The van der Waals surface area contributed by atoms with Gasteiger partial charge in [0, 0.05) is 37.2 Å². The Morgan fingerprint density at radius 1 is 1.12 bits per heavy atom. The summed E-state index contributed by atoms with van der Waals surface area (Å²) in [7, 11) is 3.11. The highest BCUT2D eigenvalue weighted by atomic mass is 16.5. The molecule has 0 unspecified atom stereocenters. The van der Waals surface area contributed by atoms with Gasteiger partial charge in [-0.3, -0.25) is 9.59 Å². The Morgan fingerprint density at radius 3 is 2.16 bits per heavy atom. The zero-order valence-corrected chi connectivity index (χ0v) is 15.5. The number of rotatable bonds is 6. The zero-order valence-electron chi connectivity index (χ0n) is 15.5. The second kappa shape index (κ2) is 8.74. The van der Waals surface area contributed by atoms with E-state index in [-0.39, 0.29) is 17.9 Å². The lowest BCUT2D eigenvalue weighted by atomic mass is 10.0. The third kappa shape index (κ3) is 5.37. The maximum absolute atomic E-state index is 12.5.